The van der Waals surface area contributed by atoms with E-state index in [1.165, 1.54) is 11.1 Å². The van der Waals surface area contributed by atoms with Crippen LogP contribution in [0.3, 0.4) is 0 Å². The van der Waals surface area contributed by atoms with Gasteiger partial charge in [0.15, 0.2) is 0 Å². The van der Waals surface area contributed by atoms with Gasteiger partial charge in [-0.3, -0.25) is 4.90 Å². The van der Waals surface area contributed by atoms with Crippen LogP contribution in [-0.4, -0.2) is 31.1 Å². The van der Waals surface area contributed by atoms with E-state index in [0.717, 1.165) is 13.1 Å². The first-order chi connectivity index (χ1) is 7.20. The van der Waals surface area contributed by atoms with Crippen LogP contribution in [0.2, 0.25) is 0 Å². The molecule has 0 amide bonds. The van der Waals surface area contributed by atoms with Crippen LogP contribution < -0.4 is 5.32 Å². The summed E-state index contributed by atoms with van der Waals surface area (Å²) in [4.78, 5) is 2.47. The molecule has 1 saturated heterocycles. The van der Waals surface area contributed by atoms with E-state index in [2.05, 4.69) is 55.4 Å². The number of hydrogen-bond donors (Lipinski definition) is 1. The zero-order valence-corrected chi connectivity index (χ0v) is 9.83. The molecule has 0 bridgehead atoms. The van der Waals surface area contributed by atoms with Crippen molar-refractivity contribution in [1.82, 2.24) is 10.2 Å². The van der Waals surface area contributed by atoms with E-state index in [1.807, 2.05) is 0 Å². The van der Waals surface area contributed by atoms with Gasteiger partial charge in [0.1, 0.15) is 0 Å². The van der Waals surface area contributed by atoms with Gasteiger partial charge in [-0.1, -0.05) is 24.3 Å². The van der Waals surface area contributed by atoms with E-state index in [-0.39, 0.29) is 0 Å². The molecule has 0 saturated carbocycles. The Balaban J connectivity index is 2.12. The lowest BCUT2D eigenvalue weighted by molar-refractivity contribution is 0.136. The first-order valence-corrected chi connectivity index (χ1v) is 5.68. The molecule has 2 nitrogen and oxygen atoms in total. The molecule has 1 unspecified atom stereocenters. The molecule has 0 aliphatic carbocycles. The number of benzene rings is 1. The van der Waals surface area contributed by atoms with Gasteiger partial charge >= 0.3 is 0 Å². The third kappa shape index (κ3) is 2.06. The maximum absolute atomic E-state index is 3.32. The van der Waals surface area contributed by atoms with Crippen molar-refractivity contribution in [3.05, 3.63) is 35.4 Å². The molecular formula is C13H20N2. The molecule has 2 rings (SSSR count). The molecule has 0 spiro atoms. The fourth-order valence-corrected chi connectivity index (χ4v) is 2.15. The second-order valence-corrected chi connectivity index (χ2v) is 4.51. The van der Waals surface area contributed by atoms with Crippen molar-refractivity contribution in [2.24, 2.45) is 0 Å². The van der Waals surface area contributed by atoms with Crippen molar-refractivity contribution in [2.45, 2.75) is 25.9 Å². The van der Waals surface area contributed by atoms with Gasteiger partial charge < -0.3 is 5.32 Å². The number of rotatable bonds is 3. The molecule has 1 aliphatic heterocycles. The van der Waals surface area contributed by atoms with Gasteiger partial charge in [0.25, 0.3) is 0 Å². The van der Waals surface area contributed by atoms with Crippen molar-refractivity contribution in [2.75, 3.05) is 20.1 Å². The van der Waals surface area contributed by atoms with Gasteiger partial charge in [0.2, 0.25) is 0 Å². The van der Waals surface area contributed by atoms with Crippen LogP contribution in [0.4, 0.5) is 0 Å². The molecule has 1 atom stereocenters. The second kappa shape index (κ2) is 4.33. The first kappa shape index (κ1) is 10.7. The normalized spacial score (nSPS) is 18.9. The summed E-state index contributed by atoms with van der Waals surface area (Å²) in [6.45, 7) is 6.75. The highest BCUT2D eigenvalue weighted by Gasteiger charge is 2.26. The van der Waals surface area contributed by atoms with Gasteiger partial charge in [-0.2, -0.15) is 0 Å². The maximum atomic E-state index is 3.32. The lowest BCUT2D eigenvalue weighted by Gasteiger charge is -2.39. The van der Waals surface area contributed by atoms with Gasteiger partial charge in [-0.05, 0) is 32.0 Å². The Morgan fingerprint density at radius 2 is 2.00 bits per heavy atom. The van der Waals surface area contributed by atoms with Crippen LogP contribution in [0.5, 0.6) is 0 Å². The van der Waals surface area contributed by atoms with E-state index < -0.39 is 0 Å². The van der Waals surface area contributed by atoms with E-state index in [0.29, 0.717) is 12.1 Å². The molecule has 1 aliphatic rings. The topological polar surface area (TPSA) is 15.3 Å². The lowest BCUT2D eigenvalue weighted by Crippen LogP contribution is -2.56. The fraction of sp³-hybridized carbons (Fsp3) is 0.538. The average Bonchev–Trinajstić information content (AvgIpc) is 2.15. The Labute approximate surface area is 92.3 Å². The number of hydrogen-bond acceptors (Lipinski definition) is 2. The van der Waals surface area contributed by atoms with Crippen LogP contribution in [0, 0.1) is 6.92 Å². The Hall–Kier alpha value is -0.860. The highest BCUT2D eigenvalue weighted by atomic mass is 15.2. The zero-order valence-electron chi connectivity index (χ0n) is 9.83. The third-order valence-corrected chi connectivity index (χ3v) is 3.59. The van der Waals surface area contributed by atoms with Crippen molar-refractivity contribution in [3.8, 4) is 0 Å². The molecule has 1 N–H and O–H groups in total. The molecular weight excluding hydrogens is 184 g/mol. The molecule has 1 fully saturated rings. The van der Waals surface area contributed by atoms with Gasteiger partial charge in [0.05, 0.1) is 0 Å². The minimum absolute atomic E-state index is 0.512. The van der Waals surface area contributed by atoms with Gasteiger partial charge in [-0.15, -0.1) is 0 Å². The molecule has 2 heteroatoms. The highest BCUT2D eigenvalue weighted by Crippen LogP contribution is 2.24. The molecule has 0 aromatic heterocycles. The molecule has 0 radical (unpaired) electrons. The SMILES string of the molecule is Cc1ccccc1C(C)N(C)C1CNC1. The molecule has 82 valence electrons. The van der Waals surface area contributed by atoms with Crippen LogP contribution >= 0.6 is 0 Å². The Morgan fingerprint density at radius 3 is 2.53 bits per heavy atom. The minimum atomic E-state index is 0.512. The number of likely N-dealkylation sites (N-methyl/N-ethyl adjacent to an activating group) is 1. The van der Waals surface area contributed by atoms with Crippen molar-refractivity contribution >= 4 is 0 Å². The van der Waals surface area contributed by atoms with Crippen molar-refractivity contribution in [1.29, 1.82) is 0 Å². The minimum Gasteiger partial charge on any atom is -0.314 e. The van der Waals surface area contributed by atoms with Crippen molar-refractivity contribution in [3.63, 3.8) is 0 Å². The number of nitrogens with one attached hydrogen (secondary N) is 1. The zero-order chi connectivity index (χ0) is 10.8. The fourth-order valence-electron chi connectivity index (χ4n) is 2.15. The van der Waals surface area contributed by atoms with Crippen LogP contribution in [0.15, 0.2) is 24.3 Å². The third-order valence-electron chi connectivity index (χ3n) is 3.59. The van der Waals surface area contributed by atoms with E-state index in [9.17, 15) is 0 Å². The van der Waals surface area contributed by atoms with E-state index in [4.69, 9.17) is 0 Å². The molecule has 1 heterocycles. The highest BCUT2D eigenvalue weighted by molar-refractivity contribution is 5.28. The first-order valence-electron chi connectivity index (χ1n) is 5.68. The second-order valence-electron chi connectivity index (χ2n) is 4.51. The predicted octanol–water partition coefficient (Wildman–Crippen LogP) is 1.96. The smallest absolute Gasteiger partial charge is 0.0348 e. The quantitative estimate of drug-likeness (QED) is 0.809. The molecule has 1 aromatic rings. The Bertz CT molecular complexity index is 331. The molecule has 15 heavy (non-hydrogen) atoms. The summed E-state index contributed by atoms with van der Waals surface area (Å²) >= 11 is 0. The van der Waals surface area contributed by atoms with Gasteiger partial charge in [0, 0.05) is 25.2 Å². The number of nitrogens with zero attached hydrogens (tertiary/aromatic N) is 1. The lowest BCUT2D eigenvalue weighted by atomic mass is 9.99. The summed E-state index contributed by atoms with van der Waals surface area (Å²) in [5.41, 5.74) is 2.84. The Morgan fingerprint density at radius 1 is 1.33 bits per heavy atom. The summed E-state index contributed by atoms with van der Waals surface area (Å²) in [7, 11) is 2.22. The predicted molar refractivity (Wildman–Crippen MR) is 64.0 cm³/mol. The summed E-state index contributed by atoms with van der Waals surface area (Å²) in [5, 5.41) is 3.32. The summed E-state index contributed by atoms with van der Waals surface area (Å²) in [6.07, 6.45) is 0. The van der Waals surface area contributed by atoms with E-state index >= 15 is 0 Å². The summed E-state index contributed by atoms with van der Waals surface area (Å²) in [6, 6.07) is 9.89. The average molecular weight is 204 g/mol. The molecule has 1 aromatic carbocycles. The monoisotopic (exact) mass is 204 g/mol. The van der Waals surface area contributed by atoms with Gasteiger partial charge in [-0.25, -0.2) is 0 Å². The number of aryl methyl sites for hydroxylation is 1. The standard InChI is InChI=1S/C13H20N2/c1-10-6-4-5-7-13(10)11(2)15(3)12-8-14-9-12/h4-7,11-12,14H,8-9H2,1-3H3. The summed E-state index contributed by atoms with van der Waals surface area (Å²) < 4.78 is 0. The van der Waals surface area contributed by atoms with Crippen LogP contribution in [-0.2, 0) is 0 Å². The maximum Gasteiger partial charge on any atom is 0.0348 e. The van der Waals surface area contributed by atoms with Crippen LogP contribution in [0.25, 0.3) is 0 Å². The van der Waals surface area contributed by atoms with Crippen molar-refractivity contribution < 1.29 is 0 Å². The Kier molecular flexibility index (Phi) is 3.08. The summed E-state index contributed by atoms with van der Waals surface area (Å²) in [5.74, 6) is 0. The van der Waals surface area contributed by atoms with E-state index in [1.54, 1.807) is 0 Å². The largest absolute Gasteiger partial charge is 0.314 e. The van der Waals surface area contributed by atoms with Crippen LogP contribution in [0.1, 0.15) is 24.1 Å².